The average molecular weight is 400 g/mol. The van der Waals surface area contributed by atoms with Gasteiger partial charge in [0.1, 0.15) is 11.3 Å². The molecule has 7 nitrogen and oxygen atoms in total. The molecule has 0 saturated heterocycles. The Bertz CT molecular complexity index is 955. The summed E-state index contributed by atoms with van der Waals surface area (Å²) in [4.78, 5) is 24.6. The van der Waals surface area contributed by atoms with E-state index in [1.165, 1.54) is 10.9 Å². The Morgan fingerprint density at radius 2 is 1.82 bits per heavy atom. The standard InChI is InChI=1S/C20H18ClN3O4/c1-2-27-20(26)17-12-22-24(15-6-4-3-5-7-15)19(17)23-18(25)13-28-16-10-8-14(21)9-11-16/h3-12H,2,13H2,1H3,(H,23,25). The molecule has 0 unspecified atom stereocenters. The van der Waals surface area contributed by atoms with E-state index < -0.39 is 11.9 Å². The van der Waals surface area contributed by atoms with Crippen molar-refractivity contribution < 1.29 is 19.1 Å². The van der Waals surface area contributed by atoms with Crippen LogP contribution in [0.3, 0.4) is 0 Å². The third-order valence-corrected chi connectivity index (χ3v) is 3.96. The first-order valence-corrected chi connectivity index (χ1v) is 8.95. The molecule has 3 rings (SSSR count). The van der Waals surface area contributed by atoms with Crippen molar-refractivity contribution >= 4 is 29.3 Å². The van der Waals surface area contributed by atoms with Crippen molar-refractivity contribution in [3.8, 4) is 11.4 Å². The molecule has 1 amide bonds. The fourth-order valence-electron chi connectivity index (χ4n) is 2.44. The van der Waals surface area contributed by atoms with Gasteiger partial charge in [-0.1, -0.05) is 29.8 Å². The highest BCUT2D eigenvalue weighted by Gasteiger charge is 2.21. The molecule has 8 heteroatoms. The lowest BCUT2D eigenvalue weighted by Crippen LogP contribution is -2.23. The molecular formula is C20H18ClN3O4. The van der Waals surface area contributed by atoms with Gasteiger partial charge >= 0.3 is 5.97 Å². The molecule has 28 heavy (non-hydrogen) atoms. The second-order valence-corrected chi connectivity index (χ2v) is 6.10. The molecule has 0 saturated carbocycles. The number of para-hydroxylation sites is 1. The van der Waals surface area contributed by atoms with Crippen LogP contribution in [-0.2, 0) is 9.53 Å². The number of rotatable bonds is 7. The summed E-state index contributed by atoms with van der Waals surface area (Å²) in [5.41, 5.74) is 0.845. The number of esters is 1. The van der Waals surface area contributed by atoms with Gasteiger partial charge in [-0.15, -0.1) is 0 Å². The van der Waals surface area contributed by atoms with Crippen LogP contribution in [0.4, 0.5) is 5.82 Å². The summed E-state index contributed by atoms with van der Waals surface area (Å²) < 4.78 is 12.0. The highest BCUT2D eigenvalue weighted by atomic mass is 35.5. The molecule has 0 aliphatic carbocycles. The third kappa shape index (κ3) is 4.69. The van der Waals surface area contributed by atoms with Gasteiger partial charge in [0.2, 0.25) is 0 Å². The summed E-state index contributed by atoms with van der Waals surface area (Å²) in [6.07, 6.45) is 1.36. The van der Waals surface area contributed by atoms with Gasteiger partial charge in [-0.05, 0) is 43.3 Å². The van der Waals surface area contributed by atoms with E-state index in [0.717, 1.165) is 0 Å². The summed E-state index contributed by atoms with van der Waals surface area (Å²) in [5.74, 6) is -0.298. The minimum absolute atomic E-state index is 0.158. The van der Waals surface area contributed by atoms with Gasteiger partial charge in [0.15, 0.2) is 12.4 Å². The molecule has 1 heterocycles. The smallest absolute Gasteiger partial charge is 0.343 e. The van der Waals surface area contributed by atoms with Crippen molar-refractivity contribution in [2.24, 2.45) is 0 Å². The van der Waals surface area contributed by atoms with Crippen LogP contribution in [0.1, 0.15) is 17.3 Å². The summed E-state index contributed by atoms with van der Waals surface area (Å²) in [5, 5.41) is 7.48. The Kier molecular flexibility index (Phi) is 6.29. The van der Waals surface area contributed by atoms with Crippen molar-refractivity contribution in [3.05, 3.63) is 71.4 Å². The van der Waals surface area contributed by atoms with E-state index in [2.05, 4.69) is 10.4 Å². The van der Waals surface area contributed by atoms with Gasteiger partial charge in [0, 0.05) is 5.02 Å². The minimum atomic E-state index is -0.571. The molecule has 0 aliphatic heterocycles. The van der Waals surface area contributed by atoms with Gasteiger partial charge in [-0.3, -0.25) is 4.79 Å². The number of hydrogen-bond donors (Lipinski definition) is 1. The second kappa shape index (κ2) is 9.05. The van der Waals surface area contributed by atoms with Crippen molar-refractivity contribution in [2.75, 3.05) is 18.5 Å². The molecule has 0 aliphatic rings. The third-order valence-electron chi connectivity index (χ3n) is 3.71. The highest BCUT2D eigenvalue weighted by Crippen LogP contribution is 2.21. The number of ether oxygens (including phenoxy) is 2. The van der Waals surface area contributed by atoms with Crippen LogP contribution >= 0.6 is 11.6 Å². The Hall–Kier alpha value is -3.32. The maximum Gasteiger partial charge on any atom is 0.343 e. The van der Waals surface area contributed by atoms with E-state index in [4.69, 9.17) is 21.1 Å². The zero-order valence-electron chi connectivity index (χ0n) is 15.1. The maximum absolute atomic E-state index is 12.4. The molecule has 0 bridgehead atoms. The summed E-state index contributed by atoms with van der Waals surface area (Å²) in [6, 6.07) is 15.8. The summed E-state index contributed by atoms with van der Waals surface area (Å²) in [6.45, 7) is 1.67. The topological polar surface area (TPSA) is 82.5 Å². The number of carbonyl (C=O) groups excluding carboxylic acids is 2. The molecule has 144 valence electrons. The fourth-order valence-corrected chi connectivity index (χ4v) is 2.57. The van der Waals surface area contributed by atoms with Crippen LogP contribution in [0.15, 0.2) is 60.8 Å². The zero-order chi connectivity index (χ0) is 19.9. The van der Waals surface area contributed by atoms with Crippen molar-refractivity contribution in [3.63, 3.8) is 0 Å². The molecule has 0 radical (unpaired) electrons. The van der Waals surface area contributed by atoms with E-state index in [1.54, 1.807) is 31.2 Å². The number of nitrogens with zero attached hydrogens (tertiary/aromatic N) is 2. The molecular weight excluding hydrogens is 382 g/mol. The lowest BCUT2D eigenvalue weighted by Gasteiger charge is -2.12. The van der Waals surface area contributed by atoms with Crippen LogP contribution in [-0.4, -0.2) is 34.9 Å². The van der Waals surface area contributed by atoms with E-state index in [1.807, 2.05) is 30.3 Å². The Labute approximate surface area is 166 Å². The normalized spacial score (nSPS) is 10.4. The number of aromatic nitrogens is 2. The number of nitrogens with one attached hydrogen (secondary N) is 1. The number of benzene rings is 2. The number of anilines is 1. The van der Waals surface area contributed by atoms with Crippen molar-refractivity contribution in [1.82, 2.24) is 9.78 Å². The molecule has 0 fully saturated rings. The van der Waals surface area contributed by atoms with Gasteiger partial charge < -0.3 is 14.8 Å². The molecule has 0 atom stereocenters. The number of carbonyl (C=O) groups is 2. The van der Waals surface area contributed by atoms with Crippen LogP contribution in [0.25, 0.3) is 5.69 Å². The lowest BCUT2D eigenvalue weighted by molar-refractivity contribution is -0.118. The predicted octanol–water partition coefficient (Wildman–Crippen LogP) is 3.72. The van der Waals surface area contributed by atoms with Gasteiger partial charge in [-0.25, -0.2) is 9.48 Å². The van der Waals surface area contributed by atoms with E-state index in [-0.39, 0.29) is 24.6 Å². The molecule has 3 aromatic rings. The monoisotopic (exact) mass is 399 g/mol. The SMILES string of the molecule is CCOC(=O)c1cnn(-c2ccccc2)c1NC(=O)COc1ccc(Cl)cc1. The Morgan fingerprint density at radius 3 is 2.50 bits per heavy atom. The zero-order valence-corrected chi connectivity index (χ0v) is 15.8. The van der Waals surface area contributed by atoms with Crippen LogP contribution < -0.4 is 10.1 Å². The quantitative estimate of drug-likeness (QED) is 0.612. The fraction of sp³-hybridized carbons (Fsp3) is 0.150. The molecule has 1 aromatic heterocycles. The molecule has 0 spiro atoms. The number of halogens is 1. The van der Waals surface area contributed by atoms with Crippen LogP contribution in [0.2, 0.25) is 5.02 Å². The van der Waals surface area contributed by atoms with Crippen LogP contribution in [0, 0.1) is 0 Å². The van der Waals surface area contributed by atoms with Gasteiger partial charge in [0.05, 0.1) is 18.5 Å². The number of amides is 1. The van der Waals surface area contributed by atoms with Crippen molar-refractivity contribution in [1.29, 1.82) is 0 Å². The summed E-state index contributed by atoms with van der Waals surface area (Å²) >= 11 is 5.83. The second-order valence-electron chi connectivity index (χ2n) is 5.67. The molecule has 1 N–H and O–H groups in total. The van der Waals surface area contributed by atoms with Crippen molar-refractivity contribution in [2.45, 2.75) is 6.92 Å². The predicted molar refractivity (Wildman–Crippen MR) is 105 cm³/mol. The summed E-state index contributed by atoms with van der Waals surface area (Å²) in [7, 11) is 0. The lowest BCUT2D eigenvalue weighted by atomic mass is 10.3. The first-order valence-electron chi connectivity index (χ1n) is 8.57. The first kappa shape index (κ1) is 19.4. The first-order chi connectivity index (χ1) is 13.6. The van der Waals surface area contributed by atoms with E-state index in [9.17, 15) is 9.59 Å². The van der Waals surface area contributed by atoms with Gasteiger partial charge in [0.25, 0.3) is 5.91 Å². The number of hydrogen-bond acceptors (Lipinski definition) is 5. The minimum Gasteiger partial charge on any atom is -0.484 e. The Balaban J connectivity index is 1.80. The molecule has 2 aromatic carbocycles. The largest absolute Gasteiger partial charge is 0.484 e. The van der Waals surface area contributed by atoms with Gasteiger partial charge in [-0.2, -0.15) is 5.10 Å². The maximum atomic E-state index is 12.4. The highest BCUT2D eigenvalue weighted by molar-refractivity contribution is 6.30. The van der Waals surface area contributed by atoms with Crippen LogP contribution in [0.5, 0.6) is 5.75 Å². The average Bonchev–Trinajstić information content (AvgIpc) is 3.12. The Morgan fingerprint density at radius 1 is 1.11 bits per heavy atom. The van der Waals surface area contributed by atoms with E-state index >= 15 is 0 Å². The van der Waals surface area contributed by atoms with E-state index in [0.29, 0.717) is 16.5 Å².